The molecule has 2 aliphatic rings. The molecule has 0 unspecified atom stereocenters. The van der Waals surface area contributed by atoms with Crippen LogP contribution in [0.2, 0.25) is 0 Å². The fourth-order valence-corrected chi connectivity index (χ4v) is 8.25. The van der Waals surface area contributed by atoms with Crippen LogP contribution in [-0.4, -0.2) is 36.9 Å². The maximum Gasteiger partial charge on any atom is 0.296 e. The highest BCUT2D eigenvalue weighted by atomic mass is 32.2. The van der Waals surface area contributed by atoms with Crippen molar-refractivity contribution in [3.8, 4) is 0 Å². The first-order valence-electron chi connectivity index (χ1n) is 14.2. The van der Waals surface area contributed by atoms with Crippen molar-refractivity contribution in [1.29, 1.82) is 0 Å². The maximum atomic E-state index is 12.6. The van der Waals surface area contributed by atoms with Gasteiger partial charge in [0, 0.05) is 0 Å². The molecule has 6 heteroatoms. The van der Waals surface area contributed by atoms with Crippen LogP contribution in [0.5, 0.6) is 0 Å². The van der Waals surface area contributed by atoms with Crippen molar-refractivity contribution in [2.45, 2.75) is 122 Å². The van der Waals surface area contributed by atoms with E-state index in [2.05, 4.69) is 13.8 Å². The van der Waals surface area contributed by atoms with E-state index in [-0.39, 0.29) is 23.0 Å². The van der Waals surface area contributed by atoms with Crippen LogP contribution in [0.1, 0.15) is 104 Å². The van der Waals surface area contributed by atoms with Crippen molar-refractivity contribution in [3.05, 3.63) is 29.8 Å². The van der Waals surface area contributed by atoms with Gasteiger partial charge in [0.25, 0.3) is 10.1 Å². The molecule has 2 N–H and O–H groups in total. The van der Waals surface area contributed by atoms with Gasteiger partial charge in [0.2, 0.25) is 0 Å². The van der Waals surface area contributed by atoms with E-state index >= 15 is 0 Å². The summed E-state index contributed by atoms with van der Waals surface area (Å²) in [6, 6.07) is 6.80. The lowest BCUT2D eigenvalue weighted by Crippen LogP contribution is -2.47. The van der Waals surface area contributed by atoms with Crippen LogP contribution in [0.3, 0.4) is 0 Å². The van der Waals surface area contributed by atoms with Crippen LogP contribution in [-0.2, 0) is 14.3 Å². The molecule has 2 fully saturated rings. The lowest BCUT2D eigenvalue weighted by atomic mass is 9.55. The molecule has 3 rings (SSSR count). The van der Waals surface area contributed by atoms with Gasteiger partial charge in [-0.2, -0.15) is 8.42 Å². The first kappa shape index (κ1) is 29.6. The Morgan fingerprint density at radius 1 is 1.06 bits per heavy atom. The van der Waals surface area contributed by atoms with Gasteiger partial charge in [-0.15, -0.1) is 0 Å². The minimum Gasteiger partial charge on any atom is -0.393 e. The maximum absolute atomic E-state index is 12.6. The topological polar surface area (TPSA) is 83.8 Å². The molecular weight excluding hydrogens is 472 g/mol. The lowest BCUT2D eigenvalue weighted by molar-refractivity contribution is -0.0732. The summed E-state index contributed by atoms with van der Waals surface area (Å²) < 4.78 is 30.7. The Morgan fingerprint density at radius 3 is 2.39 bits per heavy atom. The zero-order chi connectivity index (χ0) is 26.6. The number of aryl methyl sites for hydroxylation is 1. The summed E-state index contributed by atoms with van der Waals surface area (Å²) in [6.07, 6.45) is 11.3. The quantitative estimate of drug-likeness (QED) is 0.224. The third-order valence-electron chi connectivity index (χ3n) is 9.44. The smallest absolute Gasteiger partial charge is 0.296 e. The minimum atomic E-state index is -3.74. The zero-order valence-electron chi connectivity index (χ0n) is 23.2. The molecular formula is C30H50O5S. The Hall–Kier alpha value is -0.950. The van der Waals surface area contributed by atoms with Gasteiger partial charge in [-0.05, 0) is 107 Å². The minimum absolute atomic E-state index is 0.0972. The van der Waals surface area contributed by atoms with Crippen molar-refractivity contribution in [2.75, 3.05) is 6.61 Å². The average molecular weight is 523 g/mol. The van der Waals surface area contributed by atoms with E-state index in [0.717, 1.165) is 50.5 Å². The molecule has 2 aliphatic carbocycles. The highest BCUT2D eigenvalue weighted by Gasteiger charge is 2.56. The van der Waals surface area contributed by atoms with Gasteiger partial charge in [-0.1, -0.05) is 57.2 Å². The molecule has 0 spiro atoms. The molecule has 0 aliphatic heterocycles. The van der Waals surface area contributed by atoms with E-state index in [1.165, 1.54) is 19.3 Å². The average Bonchev–Trinajstić information content (AvgIpc) is 3.16. The first-order valence-corrected chi connectivity index (χ1v) is 15.6. The van der Waals surface area contributed by atoms with Crippen molar-refractivity contribution >= 4 is 10.1 Å². The van der Waals surface area contributed by atoms with Crippen molar-refractivity contribution in [1.82, 2.24) is 0 Å². The summed E-state index contributed by atoms with van der Waals surface area (Å²) in [5.41, 5.74) is 0.543. The summed E-state index contributed by atoms with van der Waals surface area (Å²) in [4.78, 5) is 0.215. The SMILES string of the molecule is Cc1ccc(S(=O)(=O)OCC[C@@H](C)[C@H]2CC[C@H]3[C@@H](O)CC[C@@H](CCCCCCC(C)(C)O)[C@]23C)cc1. The standard InChI is InChI=1S/C30H50O5S/c1-22-11-14-25(15-12-22)36(33,34)35-21-19-23(2)26-16-17-27-28(31)18-13-24(30(26,27)5)10-8-6-7-9-20-29(3,4)32/h11-12,14-15,23-24,26-28,31-32H,6-10,13,16-21H2,1-5H3/t23-,24-,26-,27+,28+,30-/m1/s1. The van der Waals surface area contributed by atoms with Crippen LogP contribution in [0.15, 0.2) is 29.2 Å². The molecule has 0 bridgehead atoms. The number of aliphatic hydroxyl groups excluding tert-OH is 1. The molecule has 6 atom stereocenters. The van der Waals surface area contributed by atoms with Gasteiger partial charge in [0.05, 0.1) is 23.2 Å². The van der Waals surface area contributed by atoms with E-state index in [1.807, 2.05) is 20.8 Å². The van der Waals surface area contributed by atoms with E-state index in [1.54, 1.807) is 24.3 Å². The summed E-state index contributed by atoms with van der Waals surface area (Å²) in [5.74, 6) is 1.76. The predicted molar refractivity (Wildman–Crippen MR) is 145 cm³/mol. The Kier molecular flexibility index (Phi) is 10.1. The normalized spacial score (nSPS) is 29.8. The van der Waals surface area contributed by atoms with Crippen LogP contribution in [0, 0.1) is 36.0 Å². The van der Waals surface area contributed by atoms with Gasteiger partial charge < -0.3 is 10.2 Å². The van der Waals surface area contributed by atoms with E-state index in [0.29, 0.717) is 30.1 Å². The monoisotopic (exact) mass is 522 g/mol. The van der Waals surface area contributed by atoms with Gasteiger partial charge in [-0.25, -0.2) is 0 Å². The first-order chi connectivity index (χ1) is 16.8. The third-order valence-corrected chi connectivity index (χ3v) is 10.8. The Bertz CT molecular complexity index is 920. The fourth-order valence-electron chi connectivity index (χ4n) is 7.33. The van der Waals surface area contributed by atoms with E-state index in [4.69, 9.17) is 4.18 Å². The molecule has 0 saturated heterocycles. The van der Waals surface area contributed by atoms with Gasteiger partial charge >= 0.3 is 0 Å². The van der Waals surface area contributed by atoms with Crippen LogP contribution in [0.25, 0.3) is 0 Å². The predicted octanol–water partition coefficient (Wildman–Crippen LogP) is 6.64. The molecule has 1 aromatic rings. The molecule has 0 aromatic heterocycles. The molecule has 206 valence electrons. The molecule has 2 saturated carbocycles. The lowest BCUT2D eigenvalue weighted by Gasteiger charge is -2.51. The molecule has 0 heterocycles. The second-order valence-corrected chi connectivity index (χ2v) is 14.2. The van der Waals surface area contributed by atoms with E-state index in [9.17, 15) is 18.6 Å². The number of aliphatic hydroxyl groups is 2. The Morgan fingerprint density at radius 2 is 1.72 bits per heavy atom. The van der Waals surface area contributed by atoms with Gasteiger partial charge in [0.1, 0.15) is 0 Å². The highest BCUT2D eigenvalue weighted by Crippen LogP contribution is 2.61. The van der Waals surface area contributed by atoms with Crippen molar-refractivity contribution < 1.29 is 22.8 Å². The Labute approximate surface area is 220 Å². The Balaban J connectivity index is 1.55. The molecule has 0 radical (unpaired) electrons. The summed E-state index contributed by atoms with van der Waals surface area (Å²) in [5, 5.41) is 20.8. The summed E-state index contributed by atoms with van der Waals surface area (Å²) >= 11 is 0. The highest BCUT2D eigenvalue weighted by molar-refractivity contribution is 7.86. The number of fused-ring (bicyclic) bond motifs is 1. The van der Waals surface area contributed by atoms with Crippen LogP contribution >= 0.6 is 0 Å². The second kappa shape index (κ2) is 12.3. The van der Waals surface area contributed by atoms with Crippen molar-refractivity contribution in [3.63, 3.8) is 0 Å². The number of hydrogen-bond donors (Lipinski definition) is 2. The molecule has 36 heavy (non-hydrogen) atoms. The second-order valence-electron chi connectivity index (χ2n) is 12.6. The van der Waals surface area contributed by atoms with E-state index < -0.39 is 15.7 Å². The summed E-state index contributed by atoms with van der Waals surface area (Å²) in [6.45, 7) is 10.5. The molecule has 1 aromatic carbocycles. The van der Waals surface area contributed by atoms with Crippen LogP contribution < -0.4 is 0 Å². The third kappa shape index (κ3) is 7.33. The van der Waals surface area contributed by atoms with Crippen molar-refractivity contribution in [2.24, 2.45) is 29.1 Å². The van der Waals surface area contributed by atoms with Gasteiger partial charge in [-0.3, -0.25) is 4.18 Å². The number of benzene rings is 1. The molecule has 0 amide bonds. The fraction of sp³-hybridized carbons (Fsp3) is 0.800. The number of unbranched alkanes of at least 4 members (excludes halogenated alkanes) is 3. The van der Waals surface area contributed by atoms with Gasteiger partial charge in [0.15, 0.2) is 0 Å². The molecule has 5 nitrogen and oxygen atoms in total. The largest absolute Gasteiger partial charge is 0.393 e. The number of hydrogen-bond acceptors (Lipinski definition) is 5. The zero-order valence-corrected chi connectivity index (χ0v) is 24.0. The number of rotatable bonds is 13. The summed E-state index contributed by atoms with van der Waals surface area (Å²) in [7, 11) is -3.74. The van der Waals surface area contributed by atoms with Crippen LogP contribution in [0.4, 0.5) is 0 Å².